The third-order valence-corrected chi connectivity index (χ3v) is 4.17. The number of thiophene rings is 1. The molecule has 2 aromatic rings. The highest BCUT2D eigenvalue weighted by molar-refractivity contribution is 7.18. The molecule has 0 atom stereocenters. The number of aliphatic carboxylic acids is 1. The van der Waals surface area contributed by atoms with Gasteiger partial charge in [0, 0.05) is 11.9 Å². The molecule has 0 amide bonds. The fourth-order valence-electron chi connectivity index (χ4n) is 1.85. The Morgan fingerprint density at radius 3 is 2.50 bits per heavy atom. The zero-order chi connectivity index (χ0) is 13.6. The molecule has 18 heavy (non-hydrogen) atoms. The molecule has 0 saturated heterocycles. The van der Waals surface area contributed by atoms with Gasteiger partial charge in [-0.05, 0) is 19.4 Å². The lowest BCUT2D eigenvalue weighted by Gasteiger charge is -2.06. The minimum Gasteiger partial charge on any atom is -0.480 e. The summed E-state index contributed by atoms with van der Waals surface area (Å²) >= 11 is 1.27. The molecule has 96 valence electrons. The number of aryl methyl sites for hydroxylation is 2. The Balaban J connectivity index is 3.02. The summed E-state index contributed by atoms with van der Waals surface area (Å²) in [6, 6.07) is 0. The van der Waals surface area contributed by atoms with Crippen LogP contribution in [0.5, 0.6) is 0 Å². The van der Waals surface area contributed by atoms with E-state index < -0.39 is 18.2 Å². The topological polar surface area (TPSA) is 81.3 Å². The van der Waals surface area contributed by atoms with Crippen LogP contribution in [0.1, 0.15) is 10.4 Å². The Morgan fingerprint density at radius 1 is 1.33 bits per heavy atom. The first-order chi connectivity index (χ1) is 8.34. The summed E-state index contributed by atoms with van der Waals surface area (Å²) in [5.74, 6) is -1.11. The van der Waals surface area contributed by atoms with Gasteiger partial charge in [-0.3, -0.25) is 18.7 Å². The number of carboxylic acids is 1. The van der Waals surface area contributed by atoms with Gasteiger partial charge in [0.05, 0.1) is 5.39 Å². The van der Waals surface area contributed by atoms with Gasteiger partial charge < -0.3 is 5.11 Å². The third kappa shape index (κ3) is 1.67. The molecule has 2 rings (SSSR count). The van der Waals surface area contributed by atoms with Gasteiger partial charge in [0.1, 0.15) is 11.4 Å². The molecule has 0 radical (unpaired) electrons. The maximum absolute atomic E-state index is 12.0. The molecule has 0 aliphatic rings. The molecule has 6 nitrogen and oxygen atoms in total. The van der Waals surface area contributed by atoms with Gasteiger partial charge in [0.2, 0.25) is 0 Å². The highest BCUT2D eigenvalue weighted by atomic mass is 32.1. The van der Waals surface area contributed by atoms with Crippen molar-refractivity contribution in [3.63, 3.8) is 0 Å². The van der Waals surface area contributed by atoms with E-state index in [9.17, 15) is 14.4 Å². The van der Waals surface area contributed by atoms with Crippen LogP contribution in [0.2, 0.25) is 0 Å². The van der Waals surface area contributed by atoms with E-state index in [0.717, 1.165) is 19.6 Å². The fraction of sp³-hybridized carbons (Fsp3) is 0.364. The zero-order valence-electron chi connectivity index (χ0n) is 10.2. The summed E-state index contributed by atoms with van der Waals surface area (Å²) in [5, 5.41) is 9.28. The number of carbonyl (C=O) groups is 1. The van der Waals surface area contributed by atoms with Crippen LogP contribution in [-0.2, 0) is 18.4 Å². The van der Waals surface area contributed by atoms with Crippen LogP contribution in [0.25, 0.3) is 10.2 Å². The number of hydrogen-bond donors (Lipinski definition) is 1. The Morgan fingerprint density at radius 2 is 1.94 bits per heavy atom. The molecule has 2 aromatic heterocycles. The molecule has 0 aliphatic heterocycles. The van der Waals surface area contributed by atoms with Crippen molar-refractivity contribution in [2.24, 2.45) is 7.05 Å². The van der Waals surface area contributed by atoms with E-state index in [4.69, 9.17) is 5.11 Å². The number of nitrogens with zero attached hydrogens (tertiary/aromatic N) is 2. The third-order valence-electron chi connectivity index (χ3n) is 2.94. The number of fused-ring (bicyclic) bond motifs is 1. The van der Waals surface area contributed by atoms with E-state index in [1.807, 2.05) is 6.92 Å². The lowest BCUT2D eigenvalue weighted by atomic mass is 10.2. The van der Waals surface area contributed by atoms with Gasteiger partial charge in [0.15, 0.2) is 0 Å². The minimum atomic E-state index is -1.11. The number of rotatable bonds is 2. The largest absolute Gasteiger partial charge is 0.480 e. The average molecular weight is 268 g/mol. The summed E-state index contributed by atoms with van der Waals surface area (Å²) in [6.45, 7) is 3.20. The maximum atomic E-state index is 12.0. The predicted octanol–water partition coefficient (Wildman–Crippen LogP) is 0.463. The second-order valence-corrected chi connectivity index (χ2v) is 5.29. The Bertz CT molecular complexity index is 766. The van der Waals surface area contributed by atoms with Crippen molar-refractivity contribution in [3.8, 4) is 0 Å². The number of aromatic nitrogens is 2. The van der Waals surface area contributed by atoms with Crippen LogP contribution in [0.4, 0.5) is 0 Å². The van der Waals surface area contributed by atoms with E-state index in [0.29, 0.717) is 10.2 Å². The molecule has 7 heteroatoms. The first kappa shape index (κ1) is 12.6. The van der Waals surface area contributed by atoms with E-state index >= 15 is 0 Å². The second-order valence-electron chi connectivity index (χ2n) is 4.09. The molecule has 0 unspecified atom stereocenters. The van der Waals surface area contributed by atoms with Crippen LogP contribution < -0.4 is 11.2 Å². The second kappa shape index (κ2) is 4.09. The lowest BCUT2D eigenvalue weighted by molar-refractivity contribution is -0.137. The van der Waals surface area contributed by atoms with E-state index in [-0.39, 0.29) is 5.56 Å². The quantitative estimate of drug-likeness (QED) is 0.858. The normalized spacial score (nSPS) is 11.1. The molecule has 0 aliphatic carbocycles. The SMILES string of the molecule is Cc1sc2c(c1C)c(=O)n(C)c(=O)n2CC(=O)O. The molecular weight excluding hydrogens is 256 g/mol. The van der Waals surface area contributed by atoms with E-state index in [1.54, 1.807) is 6.92 Å². The van der Waals surface area contributed by atoms with E-state index in [1.165, 1.54) is 18.4 Å². The van der Waals surface area contributed by atoms with Crippen molar-refractivity contribution in [3.05, 3.63) is 31.3 Å². The lowest BCUT2D eigenvalue weighted by Crippen LogP contribution is -2.39. The monoisotopic (exact) mass is 268 g/mol. The summed E-state index contributed by atoms with van der Waals surface area (Å²) in [5.41, 5.74) is -0.177. The molecule has 2 heterocycles. The first-order valence-corrected chi connectivity index (χ1v) is 6.07. The van der Waals surface area contributed by atoms with Crippen molar-refractivity contribution in [2.75, 3.05) is 0 Å². The smallest absolute Gasteiger partial charge is 0.332 e. The predicted molar refractivity (Wildman–Crippen MR) is 68.4 cm³/mol. The van der Waals surface area contributed by atoms with Gasteiger partial charge in [-0.15, -0.1) is 11.3 Å². The molecule has 1 N–H and O–H groups in total. The molecule has 0 aromatic carbocycles. The van der Waals surface area contributed by atoms with Gasteiger partial charge in [-0.25, -0.2) is 4.79 Å². The first-order valence-electron chi connectivity index (χ1n) is 5.26. The Kier molecular flexibility index (Phi) is 2.86. The Labute approximate surface area is 106 Å². The molecule has 0 saturated carbocycles. The molecule has 0 spiro atoms. The van der Waals surface area contributed by atoms with Crippen LogP contribution in [0.15, 0.2) is 9.59 Å². The number of hydrogen-bond acceptors (Lipinski definition) is 4. The molecule has 0 bridgehead atoms. The van der Waals surface area contributed by atoms with Crippen molar-refractivity contribution in [1.82, 2.24) is 9.13 Å². The molecule has 0 fully saturated rings. The van der Waals surface area contributed by atoms with Crippen molar-refractivity contribution in [2.45, 2.75) is 20.4 Å². The molecular formula is C11H12N2O4S. The van der Waals surface area contributed by atoms with Gasteiger partial charge >= 0.3 is 11.7 Å². The zero-order valence-corrected chi connectivity index (χ0v) is 11.0. The minimum absolute atomic E-state index is 0.376. The average Bonchev–Trinajstić information content (AvgIpc) is 2.58. The van der Waals surface area contributed by atoms with Crippen LogP contribution in [0.3, 0.4) is 0 Å². The standard InChI is InChI=1S/C11H12N2O4S/c1-5-6(2)18-10-8(5)9(16)12(3)11(17)13(10)4-7(14)15/h4H2,1-3H3,(H,14,15). The van der Waals surface area contributed by atoms with Gasteiger partial charge in [-0.2, -0.15) is 0 Å². The van der Waals surface area contributed by atoms with Gasteiger partial charge in [-0.1, -0.05) is 0 Å². The number of carboxylic acid groups (broad SMARTS) is 1. The van der Waals surface area contributed by atoms with Crippen LogP contribution in [0, 0.1) is 13.8 Å². The maximum Gasteiger partial charge on any atom is 0.332 e. The highest BCUT2D eigenvalue weighted by Gasteiger charge is 2.17. The Hall–Kier alpha value is -1.89. The summed E-state index contributed by atoms with van der Waals surface area (Å²) in [7, 11) is 1.36. The van der Waals surface area contributed by atoms with Crippen LogP contribution >= 0.6 is 11.3 Å². The summed E-state index contributed by atoms with van der Waals surface area (Å²) < 4.78 is 2.08. The van der Waals surface area contributed by atoms with Crippen molar-refractivity contribution >= 4 is 27.5 Å². The highest BCUT2D eigenvalue weighted by Crippen LogP contribution is 2.26. The van der Waals surface area contributed by atoms with Crippen molar-refractivity contribution < 1.29 is 9.90 Å². The van der Waals surface area contributed by atoms with Gasteiger partial charge in [0.25, 0.3) is 5.56 Å². The summed E-state index contributed by atoms with van der Waals surface area (Å²) in [4.78, 5) is 36.1. The summed E-state index contributed by atoms with van der Waals surface area (Å²) in [6.07, 6.45) is 0. The van der Waals surface area contributed by atoms with Crippen LogP contribution in [-0.4, -0.2) is 20.2 Å². The van der Waals surface area contributed by atoms with E-state index in [2.05, 4.69) is 0 Å². The fourth-order valence-corrected chi connectivity index (χ4v) is 2.99. The van der Waals surface area contributed by atoms with Crippen molar-refractivity contribution in [1.29, 1.82) is 0 Å².